The molecule has 1 aromatic rings. The molecule has 1 saturated heterocycles. The van der Waals surface area contributed by atoms with E-state index >= 15 is 0 Å². The van der Waals surface area contributed by atoms with E-state index in [2.05, 4.69) is 17.1 Å². The number of morpholine rings is 1. The van der Waals surface area contributed by atoms with Crippen molar-refractivity contribution in [3.05, 3.63) is 29.8 Å². The van der Waals surface area contributed by atoms with Gasteiger partial charge in [-0.25, -0.2) is 0 Å². The highest BCUT2D eigenvalue weighted by molar-refractivity contribution is 5.26. The van der Waals surface area contributed by atoms with Gasteiger partial charge in [-0.05, 0) is 44.1 Å². The van der Waals surface area contributed by atoms with Crippen LogP contribution in [0.5, 0.6) is 5.75 Å². The molecule has 0 saturated carbocycles. The van der Waals surface area contributed by atoms with Gasteiger partial charge < -0.3 is 15.2 Å². The first kappa shape index (κ1) is 15.3. The zero-order valence-corrected chi connectivity index (χ0v) is 12.5. The highest BCUT2D eigenvalue weighted by Gasteiger charge is 2.26. The molecule has 2 atom stereocenters. The molecule has 4 heteroatoms. The van der Waals surface area contributed by atoms with Gasteiger partial charge in [0.1, 0.15) is 5.75 Å². The summed E-state index contributed by atoms with van der Waals surface area (Å²) < 4.78 is 5.95. The van der Waals surface area contributed by atoms with Gasteiger partial charge in [0, 0.05) is 19.1 Å². The number of nitrogens with one attached hydrogen (secondary N) is 1. The van der Waals surface area contributed by atoms with Crippen LogP contribution in [0, 0.1) is 0 Å². The highest BCUT2D eigenvalue weighted by Crippen LogP contribution is 2.16. The van der Waals surface area contributed by atoms with E-state index in [0.717, 1.165) is 32.7 Å². The molecule has 0 aromatic heterocycles. The van der Waals surface area contributed by atoms with Crippen LogP contribution in [0.4, 0.5) is 0 Å². The maximum atomic E-state index is 9.34. The molecule has 1 heterocycles. The Kier molecular flexibility index (Phi) is 5.83. The van der Waals surface area contributed by atoms with Gasteiger partial charge in [0.25, 0.3) is 0 Å². The van der Waals surface area contributed by atoms with Crippen molar-refractivity contribution in [1.29, 1.82) is 0 Å². The molecule has 1 aromatic carbocycles. The monoisotopic (exact) mass is 278 g/mol. The molecule has 112 valence electrons. The summed E-state index contributed by atoms with van der Waals surface area (Å²) in [6.07, 6.45) is 2.34. The van der Waals surface area contributed by atoms with E-state index in [4.69, 9.17) is 4.74 Å². The minimum Gasteiger partial charge on any atom is -0.508 e. The Morgan fingerprint density at radius 1 is 1.40 bits per heavy atom. The van der Waals surface area contributed by atoms with E-state index < -0.39 is 0 Å². The minimum atomic E-state index is 0.231. The van der Waals surface area contributed by atoms with Crippen molar-refractivity contribution in [1.82, 2.24) is 10.2 Å². The second kappa shape index (κ2) is 7.62. The number of hydrogen-bond acceptors (Lipinski definition) is 4. The van der Waals surface area contributed by atoms with Crippen LogP contribution in [-0.2, 0) is 11.2 Å². The Balaban J connectivity index is 1.95. The van der Waals surface area contributed by atoms with Gasteiger partial charge in [0.05, 0.1) is 12.7 Å². The molecule has 0 bridgehead atoms. The van der Waals surface area contributed by atoms with Crippen LogP contribution in [-0.4, -0.2) is 55.4 Å². The van der Waals surface area contributed by atoms with Crippen molar-refractivity contribution < 1.29 is 9.84 Å². The Bertz CT molecular complexity index is 392. The maximum Gasteiger partial charge on any atom is 0.115 e. The van der Waals surface area contributed by atoms with Crippen LogP contribution in [0.1, 0.15) is 18.9 Å². The second-order valence-electron chi connectivity index (χ2n) is 5.48. The molecular weight excluding hydrogens is 252 g/mol. The molecular formula is C16H26N2O2. The van der Waals surface area contributed by atoms with Crippen LogP contribution in [0.15, 0.2) is 24.3 Å². The zero-order valence-electron chi connectivity index (χ0n) is 12.5. The van der Waals surface area contributed by atoms with Crippen LogP contribution in [0.25, 0.3) is 0 Å². The predicted molar refractivity (Wildman–Crippen MR) is 81.1 cm³/mol. The lowest BCUT2D eigenvalue weighted by Crippen LogP contribution is -2.52. The normalized spacial score (nSPS) is 21.8. The van der Waals surface area contributed by atoms with Gasteiger partial charge in [0.15, 0.2) is 0 Å². The third kappa shape index (κ3) is 4.20. The SMILES string of the molecule is CCCN1CCOC(C(Cc2ccc(O)cc2)NC)C1. The number of aromatic hydroxyl groups is 1. The maximum absolute atomic E-state index is 9.34. The summed E-state index contributed by atoms with van der Waals surface area (Å²) in [6.45, 7) is 6.22. The first-order valence-corrected chi connectivity index (χ1v) is 7.52. The van der Waals surface area contributed by atoms with Crippen LogP contribution >= 0.6 is 0 Å². The Morgan fingerprint density at radius 2 is 2.15 bits per heavy atom. The smallest absolute Gasteiger partial charge is 0.115 e. The number of phenols is 1. The van der Waals surface area contributed by atoms with Crippen molar-refractivity contribution in [2.45, 2.75) is 31.9 Å². The fraction of sp³-hybridized carbons (Fsp3) is 0.625. The summed E-state index contributed by atoms with van der Waals surface area (Å²) in [5, 5.41) is 12.7. The summed E-state index contributed by atoms with van der Waals surface area (Å²) in [6, 6.07) is 7.75. The summed E-state index contributed by atoms with van der Waals surface area (Å²) in [5.41, 5.74) is 1.22. The summed E-state index contributed by atoms with van der Waals surface area (Å²) in [4.78, 5) is 2.48. The molecule has 4 nitrogen and oxygen atoms in total. The Hall–Kier alpha value is -1.10. The molecule has 0 spiro atoms. The molecule has 20 heavy (non-hydrogen) atoms. The van der Waals surface area contributed by atoms with Crippen LogP contribution in [0.3, 0.4) is 0 Å². The van der Waals surface area contributed by atoms with Crippen molar-refractivity contribution in [2.24, 2.45) is 0 Å². The Morgan fingerprint density at radius 3 is 2.80 bits per heavy atom. The third-order valence-electron chi connectivity index (χ3n) is 3.93. The Labute approximate surface area is 121 Å². The molecule has 2 N–H and O–H groups in total. The predicted octanol–water partition coefficient (Wildman–Crippen LogP) is 1.63. The van der Waals surface area contributed by atoms with Gasteiger partial charge in [-0.3, -0.25) is 4.90 Å². The molecule has 1 aliphatic heterocycles. The highest BCUT2D eigenvalue weighted by atomic mass is 16.5. The number of benzene rings is 1. The molecule has 2 unspecified atom stereocenters. The molecule has 1 aliphatic rings. The van der Waals surface area contributed by atoms with Crippen molar-refractivity contribution in [3.8, 4) is 5.75 Å². The van der Waals surface area contributed by atoms with Crippen LogP contribution < -0.4 is 5.32 Å². The molecule has 0 amide bonds. The average molecular weight is 278 g/mol. The number of likely N-dealkylation sites (N-methyl/N-ethyl adjacent to an activating group) is 1. The lowest BCUT2D eigenvalue weighted by molar-refractivity contribution is -0.0450. The summed E-state index contributed by atoms with van der Waals surface area (Å²) in [5.74, 6) is 0.317. The lowest BCUT2D eigenvalue weighted by atomic mass is 10.00. The van der Waals surface area contributed by atoms with E-state index in [1.807, 2.05) is 19.2 Å². The number of hydrogen-bond donors (Lipinski definition) is 2. The first-order valence-electron chi connectivity index (χ1n) is 7.52. The third-order valence-corrected chi connectivity index (χ3v) is 3.93. The van der Waals surface area contributed by atoms with Crippen molar-refractivity contribution in [2.75, 3.05) is 33.3 Å². The van der Waals surface area contributed by atoms with Crippen molar-refractivity contribution in [3.63, 3.8) is 0 Å². The molecule has 0 aliphatic carbocycles. The van der Waals surface area contributed by atoms with Gasteiger partial charge in [-0.1, -0.05) is 19.1 Å². The molecule has 2 rings (SSSR count). The fourth-order valence-electron chi connectivity index (χ4n) is 2.80. The van der Waals surface area contributed by atoms with E-state index in [0.29, 0.717) is 11.8 Å². The number of nitrogens with zero attached hydrogens (tertiary/aromatic N) is 1. The minimum absolute atomic E-state index is 0.231. The zero-order chi connectivity index (χ0) is 14.4. The van der Waals surface area contributed by atoms with E-state index in [1.54, 1.807) is 12.1 Å². The topological polar surface area (TPSA) is 44.7 Å². The second-order valence-corrected chi connectivity index (χ2v) is 5.48. The quantitative estimate of drug-likeness (QED) is 0.830. The standard InChI is InChI=1S/C16H26N2O2/c1-3-8-18-9-10-20-16(12-18)15(17-2)11-13-4-6-14(19)7-5-13/h4-7,15-17,19H,3,8-12H2,1-2H3. The van der Waals surface area contributed by atoms with Gasteiger partial charge in [-0.15, -0.1) is 0 Å². The van der Waals surface area contributed by atoms with E-state index in [9.17, 15) is 5.11 Å². The lowest BCUT2D eigenvalue weighted by Gasteiger charge is -2.37. The van der Waals surface area contributed by atoms with Gasteiger partial charge >= 0.3 is 0 Å². The van der Waals surface area contributed by atoms with Crippen LogP contribution in [0.2, 0.25) is 0 Å². The number of rotatable bonds is 6. The number of phenolic OH excluding ortho intramolecular Hbond substituents is 1. The first-order chi connectivity index (χ1) is 9.72. The van der Waals surface area contributed by atoms with Crippen molar-refractivity contribution >= 4 is 0 Å². The van der Waals surface area contributed by atoms with Gasteiger partial charge in [0.2, 0.25) is 0 Å². The molecule has 0 radical (unpaired) electrons. The number of ether oxygens (including phenoxy) is 1. The summed E-state index contributed by atoms with van der Waals surface area (Å²) >= 11 is 0. The average Bonchev–Trinajstić information content (AvgIpc) is 2.47. The summed E-state index contributed by atoms with van der Waals surface area (Å²) in [7, 11) is 1.99. The fourth-order valence-corrected chi connectivity index (χ4v) is 2.80. The van der Waals surface area contributed by atoms with Gasteiger partial charge in [-0.2, -0.15) is 0 Å². The largest absolute Gasteiger partial charge is 0.508 e. The molecule has 1 fully saturated rings. The van der Waals surface area contributed by atoms with E-state index in [1.165, 1.54) is 12.0 Å². The van der Waals surface area contributed by atoms with E-state index in [-0.39, 0.29) is 6.10 Å².